The van der Waals surface area contributed by atoms with Crippen molar-refractivity contribution in [2.24, 2.45) is 10.7 Å². The van der Waals surface area contributed by atoms with Crippen molar-refractivity contribution >= 4 is 5.84 Å². The minimum Gasteiger partial charge on any atom is -0.387 e. The highest BCUT2D eigenvalue weighted by molar-refractivity contribution is 5.79. The van der Waals surface area contributed by atoms with Crippen LogP contribution < -0.4 is 5.73 Å². The molecule has 0 amide bonds. The first-order valence-electron chi connectivity index (χ1n) is 4.30. The van der Waals surface area contributed by atoms with Crippen molar-refractivity contribution in [3.05, 3.63) is 11.7 Å². The normalized spacial score (nSPS) is 12.0. The van der Waals surface area contributed by atoms with Gasteiger partial charge in [0.1, 0.15) is 0 Å². The average molecular weight is 182 g/mol. The van der Waals surface area contributed by atoms with Crippen LogP contribution in [0.2, 0.25) is 0 Å². The Labute approximate surface area is 77.0 Å². The van der Waals surface area contributed by atoms with E-state index in [0.717, 1.165) is 6.42 Å². The molecule has 72 valence electrons. The monoisotopic (exact) mass is 182 g/mol. The molecule has 5 nitrogen and oxygen atoms in total. The topological polar surface area (TPSA) is 77.3 Å². The Morgan fingerprint density at radius 2 is 2.38 bits per heavy atom. The number of nitrogens with zero attached hydrogens (tertiary/aromatic N) is 3. The maximum atomic E-state index is 5.53. The highest BCUT2D eigenvalue weighted by Crippen LogP contribution is 1.96. The van der Waals surface area contributed by atoms with E-state index in [4.69, 9.17) is 10.3 Å². The summed E-state index contributed by atoms with van der Waals surface area (Å²) in [6.45, 7) is 4.37. The van der Waals surface area contributed by atoms with Crippen LogP contribution in [-0.4, -0.2) is 22.5 Å². The maximum Gasteiger partial charge on any atom is 0.228 e. The van der Waals surface area contributed by atoms with E-state index in [2.05, 4.69) is 15.1 Å². The molecule has 1 aromatic rings. The lowest BCUT2D eigenvalue weighted by atomic mass is 10.4. The molecule has 5 heteroatoms. The van der Waals surface area contributed by atoms with Crippen LogP contribution in [0, 0.1) is 6.92 Å². The fourth-order valence-corrected chi connectivity index (χ4v) is 0.849. The van der Waals surface area contributed by atoms with Crippen LogP contribution in [0.25, 0.3) is 0 Å². The smallest absolute Gasteiger partial charge is 0.228 e. The van der Waals surface area contributed by atoms with Crippen LogP contribution in [0.5, 0.6) is 0 Å². The van der Waals surface area contributed by atoms with Gasteiger partial charge in [-0.2, -0.15) is 4.98 Å². The summed E-state index contributed by atoms with van der Waals surface area (Å²) in [5, 5.41) is 3.67. The lowest BCUT2D eigenvalue weighted by molar-refractivity contribution is 0.376. The van der Waals surface area contributed by atoms with Crippen LogP contribution >= 0.6 is 0 Å². The molecule has 0 aromatic carbocycles. The molecule has 2 N–H and O–H groups in total. The van der Waals surface area contributed by atoms with E-state index in [1.54, 1.807) is 6.92 Å². The molecule has 0 unspecified atom stereocenters. The number of rotatable bonds is 4. The first-order chi connectivity index (χ1) is 6.22. The van der Waals surface area contributed by atoms with Crippen molar-refractivity contribution in [1.29, 1.82) is 0 Å². The summed E-state index contributed by atoms with van der Waals surface area (Å²) >= 11 is 0. The summed E-state index contributed by atoms with van der Waals surface area (Å²) < 4.78 is 4.91. The molecule has 0 saturated heterocycles. The lowest BCUT2D eigenvalue weighted by Crippen LogP contribution is -2.10. The molecule has 0 bridgehead atoms. The largest absolute Gasteiger partial charge is 0.387 e. The third-order valence-electron chi connectivity index (χ3n) is 1.57. The number of amidine groups is 1. The van der Waals surface area contributed by atoms with E-state index in [0.29, 0.717) is 30.5 Å². The average Bonchev–Trinajstić information content (AvgIpc) is 2.51. The third kappa shape index (κ3) is 3.23. The Kier molecular flexibility index (Phi) is 3.42. The molecule has 0 fully saturated rings. The van der Waals surface area contributed by atoms with Gasteiger partial charge in [-0.05, 0) is 6.92 Å². The summed E-state index contributed by atoms with van der Waals surface area (Å²) in [7, 11) is 0. The molecule has 1 rings (SSSR count). The van der Waals surface area contributed by atoms with Gasteiger partial charge in [-0.1, -0.05) is 12.1 Å². The Bertz CT molecular complexity index is 292. The molecule has 0 atom stereocenters. The highest BCUT2D eigenvalue weighted by Gasteiger charge is 2.00. The summed E-state index contributed by atoms with van der Waals surface area (Å²) in [5.41, 5.74) is 5.53. The Balaban J connectivity index is 2.35. The second-order valence-corrected chi connectivity index (χ2v) is 2.71. The van der Waals surface area contributed by atoms with Gasteiger partial charge in [-0.25, -0.2) is 0 Å². The first kappa shape index (κ1) is 9.70. The van der Waals surface area contributed by atoms with Crippen LogP contribution in [-0.2, 0) is 6.42 Å². The zero-order valence-corrected chi connectivity index (χ0v) is 7.95. The minimum atomic E-state index is 0.612. The van der Waals surface area contributed by atoms with E-state index in [9.17, 15) is 0 Å². The number of hydrogen-bond donors (Lipinski definition) is 1. The van der Waals surface area contributed by atoms with Crippen LogP contribution in [0.4, 0.5) is 0 Å². The molecule has 1 aromatic heterocycles. The Morgan fingerprint density at radius 3 is 2.92 bits per heavy atom. The minimum absolute atomic E-state index is 0.612. The lowest BCUT2D eigenvalue weighted by Gasteiger charge is -1.93. The van der Waals surface area contributed by atoms with Gasteiger partial charge in [0.2, 0.25) is 5.89 Å². The van der Waals surface area contributed by atoms with Crippen molar-refractivity contribution in [1.82, 2.24) is 10.1 Å². The zero-order chi connectivity index (χ0) is 9.68. The predicted molar refractivity (Wildman–Crippen MR) is 49.5 cm³/mol. The van der Waals surface area contributed by atoms with Crippen molar-refractivity contribution < 1.29 is 4.52 Å². The van der Waals surface area contributed by atoms with Crippen molar-refractivity contribution in [3.63, 3.8) is 0 Å². The fraction of sp³-hybridized carbons (Fsp3) is 0.625. The molecule has 0 radical (unpaired) electrons. The molecule has 0 aliphatic carbocycles. The molecule has 13 heavy (non-hydrogen) atoms. The van der Waals surface area contributed by atoms with Gasteiger partial charge in [0, 0.05) is 19.4 Å². The van der Waals surface area contributed by atoms with Crippen molar-refractivity contribution in [2.45, 2.75) is 26.7 Å². The Morgan fingerprint density at radius 1 is 1.62 bits per heavy atom. The van der Waals surface area contributed by atoms with E-state index in [-0.39, 0.29) is 0 Å². The number of aromatic nitrogens is 2. The standard InChI is InChI=1S/C8H14N4O/c1-3-7(9)10-5-4-8-11-6(2)12-13-8/h3-5H2,1-2H3,(H2,9,10). The second-order valence-electron chi connectivity index (χ2n) is 2.71. The number of aryl methyl sites for hydroxylation is 1. The maximum absolute atomic E-state index is 5.53. The highest BCUT2D eigenvalue weighted by atomic mass is 16.5. The quantitative estimate of drug-likeness (QED) is 0.549. The number of hydrogen-bond acceptors (Lipinski definition) is 4. The molecule has 0 aliphatic rings. The summed E-state index contributed by atoms with van der Waals surface area (Å²) in [5.74, 6) is 1.93. The summed E-state index contributed by atoms with van der Waals surface area (Å²) in [6.07, 6.45) is 1.43. The molecular weight excluding hydrogens is 168 g/mol. The molecule has 0 saturated carbocycles. The SMILES string of the molecule is CCC(N)=NCCc1nc(C)no1. The third-order valence-corrected chi connectivity index (χ3v) is 1.57. The van der Waals surface area contributed by atoms with Gasteiger partial charge in [-0.15, -0.1) is 0 Å². The van der Waals surface area contributed by atoms with Crippen molar-refractivity contribution in [3.8, 4) is 0 Å². The van der Waals surface area contributed by atoms with Gasteiger partial charge in [0.25, 0.3) is 0 Å². The van der Waals surface area contributed by atoms with Gasteiger partial charge < -0.3 is 10.3 Å². The molecule has 1 heterocycles. The van der Waals surface area contributed by atoms with E-state index in [1.165, 1.54) is 0 Å². The predicted octanol–water partition coefficient (Wildman–Crippen LogP) is 0.688. The number of nitrogens with two attached hydrogens (primary N) is 1. The van der Waals surface area contributed by atoms with Crippen LogP contribution in [0.3, 0.4) is 0 Å². The summed E-state index contributed by atoms with van der Waals surface area (Å²) in [4.78, 5) is 8.16. The van der Waals surface area contributed by atoms with Gasteiger partial charge in [-0.3, -0.25) is 4.99 Å². The van der Waals surface area contributed by atoms with Crippen molar-refractivity contribution in [2.75, 3.05) is 6.54 Å². The second kappa shape index (κ2) is 4.59. The first-order valence-corrected chi connectivity index (χ1v) is 4.30. The Hall–Kier alpha value is -1.39. The van der Waals surface area contributed by atoms with Crippen LogP contribution in [0.1, 0.15) is 25.1 Å². The molecule has 0 spiro atoms. The fourth-order valence-electron chi connectivity index (χ4n) is 0.849. The van der Waals surface area contributed by atoms with Gasteiger partial charge >= 0.3 is 0 Å². The van der Waals surface area contributed by atoms with Gasteiger partial charge in [0.15, 0.2) is 5.82 Å². The zero-order valence-electron chi connectivity index (χ0n) is 7.95. The van der Waals surface area contributed by atoms with E-state index in [1.807, 2.05) is 6.92 Å². The molecular formula is C8H14N4O. The van der Waals surface area contributed by atoms with Crippen LogP contribution in [0.15, 0.2) is 9.52 Å². The van der Waals surface area contributed by atoms with E-state index < -0.39 is 0 Å². The van der Waals surface area contributed by atoms with Gasteiger partial charge in [0.05, 0.1) is 5.84 Å². The van der Waals surface area contributed by atoms with E-state index >= 15 is 0 Å². The number of aliphatic imine (C=N–C) groups is 1. The summed E-state index contributed by atoms with van der Waals surface area (Å²) in [6, 6.07) is 0. The molecule has 0 aliphatic heterocycles.